The maximum absolute atomic E-state index is 12.8. The fourth-order valence-corrected chi connectivity index (χ4v) is 6.67. The lowest BCUT2D eigenvalue weighted by molar-refractivity contribution is -0.143. The number of ether oxygens (including phenoxy) is 1. The Kier molecular flexibility index (Phi) is 11.2. The number of hydrazine groups is 1. The molecule has 1 unspecified atom stereocenters. The van der Waals surface area contributed by atoms with Gasteiger partial charge < -0.3 is 20.8 Å². The molecule has 216 valence electrons. The van der Waals surface area contributed by atoms with Gasteiger partial charge in [0.15, 0.2) is 0 Å². The number of nitrogens with one attached hydrogen (secondary N) is 3. The first-order valence-corrected chi connectivity index (χ1v) is 14.9. The summed E-state index contributed by atoms with van der Waals surface area (Å²) >= 11 is 0. The molecule has 4 rings (SSSR count). The van der Waals surface area contributed by atoms with Crippen LogP contribution in [-0.4, -0.2) is 42.5 Å². The van der Waals surface area contributed by atoms with Crippen molar-refractivity contribution in [2.24, 2.45) is 5.84 Å². The summed E-state index contributed by atoms with van der Waals surface area (Å²) in [5.74, 6) is 4.58. The first-order valence-electron chi connectivity index (χ1n) is 13.6. The predicted octanol–water partition coefficient (Wildman–Crippen LogP) is 3.00. The second kappa shape index (κ2) is 15.4. The van der Waals surface area contributed by atoms with Crippen LogP contribution in [0.1, 0.15) is 40.0 Å². The summed E-state index contributed by atoms with van der Waals surface area (Å²) in [5, 5.41) is 9.29. The van der Waals surface area contributed by atoms with Gasteiger partial charge in [-0.15, -0.1) is 0 Å². The smallest absolute Gasteiger partial charge is 0.328 e. The Balaban J connectivity index is 1.29. The number of hydrogen-bond acceptors (Lipinski definition) is 7. The van der Waals surface area contributed by atoms with Crippen LogP contribution in [-0.2, 0) is 9.53 Å². The molecule has 0 bridgehead atoms. The van der Waals surface area contributed by atoms with E-state index in [1.54, 1.807) is 12.1 Å². The van der Waals surface area contributed by atoms with Crippen molar-refractivity contribution in [1.29, 1.82) is 0 Å². The molecule has 1 atom stereocenters. The zero-order valence-corrected chi connectivity index (χ0v) is 24.2. The number of methoxy groups -OCH3 is 1. The molecule has 9 nitrogen and oxygen atoms in total. The minimum absolute atomic E-state index is 0.161. The molecule has 42 heavy (non-hydrogen) atoms. The standard InChI is InChI=1S/C32H34N5O4P/c1-41-32(40)28(36-31(39)24-17-20-29(37-33)35-22-24)14-8-9-21-34-30(38)23-15-18-27(19-16-23)42(25-10-4-2-5-11-25)26-12-6-3-7-13-26/h2-7,10-13,15-20,22,28H,8-9,14,21,33H2,1H3,(H,34,38)(H,35,37)(H,36,39). The summed E-state index contributed by atoms with van der Waals surface area (Å²) in [6.07, 6.45) is 2.94. The number of rotatable bonds is 13. The number of benzene rings is 3. The molecule has 0 saturated heterocycles. The average molecular weight is 584 g/mol. The van der Waals surface area contributed by atoms with Crippen molar-refractivity contribution in [3.05, 3.63) is 114 Å². The quantitative estimate of drug-likeness (QED) is 0.0625. The first kappa shape index (κ1) is 30.4. The minimum atomic E-state index is -0.817. The van der Waals surface area contributed by atoms with Gasteiger partial charge in [-0.2, -0.15) is 0 Å². The maximum atomic E-state index is 12.8. The fraction of sp³-hybridized carbons (Fsp3) is 0.188. The highest BCUT2D eigenvalue weighted by molar-refractivity contribution is 7.79. The van der Waals surface area contributed by atoms with E-state index in [1.807, 2.05) is 60.7 Å². The molecular weight excluding hydrogens is 549 g/mol. The van der Waals surface area contributed by atoms with Gasteiger partial charge in [-0.3, -0.25) is 9.59 Å². The fourth-order valence-electron chi connectivity index (χ4n) is 4.39. The number of nitrogen functional groups attached to an aromatic ring is 1. The monoisotopic (exact) mass is 583 g/mol. The molecule has 1 heterocycles. The maximum Gasteiger partial charge on any atom is 0.328 e. The second-order valence-corrected chi connectivity index (χ2v) is 11.7. The molecule has 0 radical (unpaired) electrons. The van der Waals surface area contributed by atoms with Crippen LogP contribution in [0.5, 0.6) is 0 Å². The van der Waals surface area contributed by atoms with Gasteiger partial charge in [0.05, 0.1) is 12.7 Å². The van der Waals surface area contributed by atoms with E-state index < -0.39 is 25.8 Å². The highest BCUT2D eigenvalue weighted by Gasteiger charge is 2.22. The van der Waals surface area contributed by atoms with Crippen LogP contribution < -0.4 is 37.8 Å². The van der Waals surface area contributed by atoms with Crippen LogP contribution in [0.2, 0.25) is 0 Å². The topological polar surface area (TPSA) is 135 Å². The highest BCUT2D eigenvalue weighted by Crippen LogP contribution is 2.32. The molecule has 0 aliphatic rings. The third-order valence-corrected chi connectivity index (χ3v) is 9.03. The van der Waals surface area contributed by atoms with E-state index in [0.717, 1.165) is 5.30 Å². The van der Waals surface area contributed by atoms with E-state index in [-0.39, 0.29) is 5.91 Å². The van der Waals surface area contributed by atoms with Crippen molar-refractivity contribution in [2.45, 2.75) is 25.3 Å². The highest BCUT2D eigenvalue weighted by atomic mass is 31.1. The summed E-state index contributed by atoms with van der Waals surface area (Å²) in [6.45, 7) is 0.431. The van der Waals surface area contributed by atoms with Gasteiger partial charge >= 0.3 is 5.97 Å². The van der Waals surface area contributed by atoms with Crippen molar-refractivity contribution in [3.63, 3.8) is 0 Å². The lowest BCUT2D eigenvalue weighted by Gasteiger charge is -2.19. The largest absolute Gasteiger partial charge is 0.467 e. The zero-order chi connectivity index (χ0) is 29.7. The van der Waals surface area contributed by atoms with E-state index in [2.05, 4.69) is 45.3 Å². The van der Waals surface area contributed by atoms with Crippen LogP contribution in [0.25, 0.3) is 0 Å². The van der Waals surface area contributed by atoms with E-state index in [4.69, 9.17) is 10.6 Å². The van der Waals surface area contributed by atoms with E-state index in [0.29, 0.717) is 42.8 Å². The number of nitrogens with two attached hydrogens (primary N) is 1. The second-order valence-electron chi connectivity index (χ2n) is 9.43. The number of anilines is 1. The van der Waals surface area contributed by atoms with Crippen LogP contribution in [0.3, 0.4) is 0 Å². The Morgan fingerprint density at radius 1 is 0.786 bits per heavy atom. The molecule has 0 fully saturated rings. The Morgan fingerprint density at radius 2 is 1.38 bits per heavy atom. The van der Waals surface area contributed by atoms with Crippen molar-refractivity contribution < 1.29 is 19.1 Å². The number of aromatic nitrogens is 1. The summed E-state index contributed by atoms with van der Waals surface area (Å²) in [7, 11) is 0.536. The molecule has 0 aliphatic heterocycles. The van der Waals surface area contributed by atoms with Crippen molar-refractivity contribution in [2.75, 3.05) is 19.1 Å². The van der Waals surface area contributed by atoms with Crippen LogP contribution in [0.4, 0.5) is 5.82 Å². The number of esters is 1. The molecule has 4 aromatic rings. The van der Waals surface area contributed by atoms with E-state index >= 15 is 0 Å². The number of nitrogens with zero attached hydrogens (tertiary/aromatic N) is 1. The van der Waals surface area contributed by atoms with Gasteiger partial charge in [-0.1, -0.05) is 72.8 Å². The van der Waals surface area contributed by atoms with Gasteiger partial charge in [-0.05, 0) is 67.4 Å². The van der Waals surface area contributed by atoms with Gasteiger partial charge in [0.2, 0.25) is 0 Å². The number of carbonyl (C=O) groups excluding carboxylic acids is 3. The lowest BCUT2D eigenvalue weighted by atomic mass is 10.1. The summed E-state index contributed by atoms with van der Waals surface area (Å²) in [6, 6.07) is 30.9. The van der Waals surface area contributed by atoms with E-state index in [9.17, 15) is 14.4 Å². The summed E-state index contributed by atoms with van der Waals surface area (Å²) in [4.78, 5) is 41.6. The van der Waals surface area contributed by atoms with Gasteiger partial charge in [0.25, 0.3) is 11.8 Å². The van der Waals surface area contributed by atoms with Gasteiger partial charge in [-0.25, -0.2) is 15.6 Å². The lowest BCUT2D eigenvalue weighted by Crippen LogP contribution is -2.41. The molecule has 0 spiro atoms. The molecule has 1 aromatic heterocycles. The Morgan fingerprint density at radius 3 is 1.93 bits per heavy atom. The molecule has 10 heteroatoms. The molecule has 3 aromatic carbocycles. The third kappa shape index (κ3) is 8.22. The Hall–Kier alpha value is -4.59. The summed E-state index contributed by atoms with van der Waals surface area (Å²) < 4.78 is 4.86. The normalized spacial score (nSPS) is 11.4. The van der Waals surface area contributed by atoms with Gasteiger partial charge in [0.1, 0.15) is 11.9 Å². The molecule has 2 amide bonds. The zero-order valence-electron chi connectivity index (χ0n) is 23.3. The molecule has 0 saturated carbocycles. The average Bonchev–Trinajstić information content (AvgIpc) is 3.05. The summed E-state index contributed by atoms with van der Waals surface area (Å²) in [5.41, 5.74) is 3.27. The van der Waals surface area contributed by atoms with Crippen LogP contribution in [0, 0.1) is 0 Å². The van der Waals surface area contributed by atoms with Crippen molar-refractivity contribution >= 4 is 47.4 Å². The first-order chi connectivity index (χ1) is 20.5. The third-order valence-electron chi connectivity index (χ3n) is 6.59. The van der Waals surface area contributed by atoms with Gasteiger partial charge in [0, 0.05) is 18.3 Å². The van der Waals surface area contributed by atoms with Crippen molar-refractivity contribution in [3.8, 4) is 0 Å². The minimum Gasteiger partial charge on any atom is -0.467 e. The Labute approximate surface area is 246 Å². The number of carbonyl (C=O) groups is 3. The van der Waals surface area contributed by atoms with Crippen molar-refractivity contribution in [1.82, 2.24) is 15.6 Å². The Bertz CT molecular complexity index is 1410. The van der Waals surface area contributed by atoms with E-state index in [1.165, 1.54) is 23.9 Å². The molecule has 5 N–H and O–H groups in total. The number of hydrogen-bond donors (Lipinski definition) is 4. The molecule has 0 aliphatic carbocycles. The van der Waals surface area contributed by atoms with Crippen LogP contribution in [0.15, 0.2) is 103 Å². The SMILES string of the molecule is COC(=O)C(CCCCNC(=O)c1ccc(P(c2ccccc2)c2ccccc2)cc1)NC(=O)c1ccc(NN)nc1. The number of unbranched alkanes of at least 4 members (excludes halogenated alkanes) is 1. The number of amides is 2. The van der Waals surface area contributed by atoms with Crippen LogP contribution >= 0.6 is 7.92 Å². The predicted molar refractivity (Wildman–Crippen MR) is 167 cm³/mol. The number of pyridine rings is 1. The molecular formula is C32H34N5O4P.